The van der Waals surface area contributed by atoms with Gasteiger partial charge in [-0.3, -0.25) is 4.79 Å². The second-order valence-electron chi connectivity index (χ2n) is 8.48. The number of hydrogen-bond acceptors (Lipinski definition) is 7. The lowest BCUT2D eigenvalue weighted by molar-refractivity contribution is 0.113. The Balaban J connectivity index is 1.46. The number of H-pyrrole nitrogens is 1. The number of aromatic amines is 1. The van der Waals surface area contributed by atoms with E-state index in [1.54, 1.807) is 18.6 Å². The molecule has 4 heterocycles. The van der Waals surface area contributed by atoms with Crippen LogP contribution in [0, 0.1) is 6.92 Å². The maximum Gasteiger partial charge on any atom is 0.259 e. The van der Waals surface area contributed by atoms with Gasteiger partial charge in [-0.25, -0.2) is 15.0 Å². The monoisotopic (exact) mass is 442 g/mol. The summed E-state index contributed by atoms with van der Waals surface area (Å²) in [6, 6.07) is 9.70. The van der Waals surface area contributed by atoms with Gasteiger partial charge in [-0.05, 0) is 68.1 Å². The average molecular weight is 443 g/mol. The molecule has 1 aromatic carbocycles. The van der Waals surface area contributed by atoms with Crippen LogP contribution in [0.25, 0.3) is 22.0 Å². The van der Waals surface area contributed by atoms with Crippen molar-refractivity contribution in [3.8, 4) is 17.0 Å². The molecule has 0 spiro atoms. The molecule has 168 valence electrons. The Morgan fingerprint density at radius 3 is 2.67 bits per heavy atom. The topological polar surface area (TPSA) is 96.0 Å². The van der Waals surface area contributed by atoms with Crippen LogP contribution in [0.3, 0.4) is 0 Å². The van der Waals surface area contributed by atoms with Crippen molar-refractivity contribution in [3.05, 3.63) is 71.2 Å². The van der Waals surface area contributed by atoms with Crippen LogP contribution >= 0.6 is 0 Å². The van der Waals surface area contributed by atoms with Crippen molar-refractivity contribution in [2.45, 2.75) is 25.9 Å². The molecule has 8 nitrogen and oxygen atoms in total. The summed E-state index contributed by atoms with van der Waals surface area (Å²) in [5.74, 6) is 1.37. The number of benzene rings is 1. The van der Waals surface area contributed by atoms with Crippen LogP contribution < -0.4 is 15.6 Å². The van der Waals surface area contributed by atoms with Gasteiger partial charge < -0.3 is 19.9 Å². The molecule has 0 atom stereocenters. The van der Waals surface area contributed by atoms with E-state index in [1.165, 1.54) is 6.33 Å². The van der Waals surface area contributed by atoms with Crippen LogP contribution in [0.15, 0.2) is 60.0 Å². The Kier molecular flexibility index (Phi) is 5.75. The van der Waals surface area contributed by atoms with Crippen molar-refractivity contribution >= 4 is 22.3 Å². The number of aryl methyl sites for hydroxylation is 1. The highest BCUT2D eigenvalue weighted by atomic mass is 16.5. The predicted molar refractivity (Wildman–Crippen MR) is 129 cm³/mol. The lowest BCUT2D eigenvalue weighted by Gasteiger charge is -2.29. The van der Waals surface area contributed by atoms with E-state index in [0.717, 1.165) is 53.9 Å². The van der Waals surface area contributed by atoms with E-state index in [-0.39, 0.29) is 11.7 Å². The predicted octanol–water partition coefficient (Wildman–Crippen LogP) is 3.91. The minimum absolute atomic E-state index is 0.197. The highest BCUT2D eigenvalue weighted by Crippen LogP contribution is 2.30. The van der Waals surface area contributed by atoms with E-state index in [1.807, 2.05) is 37.3 Å². The number of ether oxygens (including phenoxy) is 1. The first kappa shape index (κ1) is 21.1. The number of nitrogens with one attached hydrogen (secondary N) is 2. The zero-order valence-corrected chi connectivity index (χ0v) is 18.7. The molecule has 2 N–H and O–H groups in total. The Hall–Kier alpha value is -3.78. The molecule has 3 aromatic heterocycles. The van der Waals surface area contributed by atoms with E-state index in [9.17, 15) is 4.79 Å². The summed E-state index contributed by atoms with van der Waals surface area (Å²) in [7, 11) is 2.14. The van der Waals surface area contributed by atoms with Crippen molar-refractivity contribution in [2.24, 2.45) is 0 Å². The number of anilines is 2. The molecule has 0 bridgehead atoms. The smallest absolute Gasteiger partial charge is 0.259 e. The molecule has 8 heteroatoms. The molecule has 1 fully saturated rings. The van der Waals surface area contributed by atoms with Gasteiger partial charge in [0.25, 0.3) is 5.56 Å². The minimum Gasteiger partial charge on any atom is -0.490 e. The Morgan fingerprint density at radius 1 is 1.12 bits per heavy atom. The van der Waals surface area contributed by atoms with E-state index >= 15 is 0 Å². The second-order valence-corrected chi connectivity index (χ2v) is 8.48. The van der Waals surface area contributed by atoms with Gasteiger partial charge in [0, 0.05) is 42.9 Å². The number of pyridine rings is 2. The molecular weight excluding hydrogens is 416 g/mol. The highest BCUT2D eigenvalue weighted by molar-refractivity contribution is 5.95. The number of rotatable bonds is 5. The first-order valence-corrected chi connectivity index (χ1v) is 11.1. The average Bonchev–Trinajstić information content (AvgIpc) is 2.82. The first-order valence-electron chi connectivity index (χ1n) is 11.1. The fourth-order valence-electron chi connectivity index (χ4n) is 4.16. The first-order chi connectivity index (χ1) is 16.1. The number of piperidine rings is 1. The SMILES string of the molecule is Cc1cc(Nc2nc(-c3cncnc3)cc3cc[nH]c(=O)c23)ccc1OC1CCN(C)CC1. The minimum atomic E-state index is -0.197. The van der Waals surface area contributed by atoms with E-state index in [4.69, 9.17) is 9.72 Å². The van der Waals surface area contributed by atoms with Gasteiger partial charge in [-0.2, -0.15) is 0 Å². The normalized spacial score (nSPS) is 15.0. The van der Waals surface area contributed by atoms with Crippen LogP contribution in [-0.2, 0) is 0 Å². The molecule has 4 aromatic rings. The van der Waals surface area contributed by atoms with Gasteiger partial charge >= 0.3 is 0 Å². The van der Waals surface area contributed by atoms with Crippen molar-refractivity contribution in [2.75, 3.05) is 25.5 Å². The molecule has 0 radical (unpaired) electrons. The lowest BCUT2D eigenvalue weighted by Crippen LogP contribution is -2.35. The zero-order valence-electron chi connectivity index (χ0n) is 18.7. The van der Waals surface area contributed by atoms with Crippen molar-refractivity contribution in [1.82, 2.24) is 24.8 Å². The van der Waals surface area contributed by atoms with Crippen LogP contribution in [0.4, 0.5) is 11.5 Å². The Bertz CT molecular complexity index is 1330. The van der Waals surface area contributed by atoms with Crippen LogP contribution in [0.5, 0.6) is 5.75 Å². The van der Waals surface area contributed by atoms with E-state index in [0.29, 0.717) is 16.9 Å². The quantitative estimate of drug-likeness (QED) is 0.484. The maximum atomic E-state index is 12.6. The van der Waals surface area contributed by atoms with Gasteiger partial charge in [0.05, 0.1) is 11.1 Å². The van der Waals surface area contributed by atoms with Gasteiger partial charge in [-0.15, -0.1) is 0 Å². The number of fused-ring (bicyclic) bond motifs is 1. The summed E-state index contributed by atoms with van der Waals surface area (Å²) in [6.07, 6.45) is 8.84. The van der Waals surface area contributed by atoms with E-state index in [2.05, 4.69) is 32.2 Å². The summed E-state index contributed by atoms with van der Waals surface area (Å²) in [5.41, 5.74) is 3.14. The van der Waals surface area contributed by atoms with Gasteiger partial charge in [0.1, 0.15) is 24.0 Å². The second kappa shape index (κ2) is 8.99. The lowest BCUT2D eigenvalue weighted by atomic mass is 10.1. The molecule has 0 aliphatic carbocycles. The molecule has 0 unspecified atom stereocenters. The standard InChI is InChI=1S/C25H26N6O2/c1-16-11-19(3-4-22(16)33-20-6-9-31(2)10-7-20)29-24-23-17(5-8-28-25(23)32)12-21(30-24)18-13-26-15-27-14-18/h3-5,8,11-15,20H,6-7,9-10H2,1-2H3,(H,28,32)(H,29,30). The largest absolute Gasteiger partial charge is 0.490 e. The maximum absolute atomic E-state index is 12.6. The van der Waals surface area contributed by atoms with Crippen molar-refractivity contribution < 1.29 is 4.74 Å². The summed E-state index contributed by atoms with van der Waals surface area (Å²) in [5, 5.41) is 4.63. The van der Waals surface area contributed by atoms with Gasteiger partial charge in [-0.1, -0.05) is 0 Å². The number of aromatic nitrogens is 4. The van der Waals surface area contributed by atoms with Crippen molar-refractivity contribution in [1.29, 1.82) is 0 Å². The van der Waals surface area contributed by atoms with Crippen LogP contribution in [0.2, 0.25) is 0 Å². The highest BCUT2D eigenvalue weighted by Gasteiger charge is 2.19. The van der Waals surface area contributed by atoms with Gasteiger partial charge in [0.2, 0.25) is 0 Å². The summed E-state index contributed by atoms with van der Waals surface area (Å²) in [6.45, 7) is 4.14. The zero-order chi connectivity index (χ0) is 22.8. The molecule has 1 aliphatic rings. The van der Waals surface area contributed by atoms with Crippen LogP contribution in [0.1, 0.15) is 18.4 Å². The Labute approximate surface area is 191 Å². The van der Waals surface area contributed by atoms with E-state index < -0.39 is 0 Å². The number of likely N-dealkylation sites (tertiary alicyclic amines) is 1. The molecule has 1 aliphatic heterocycles. The third-order valence-corrected chi connectivity index (χ3v) is 6.01. The fraction of sp³-hybridized carbons (Fsp3) is 0.280. The molecule has 1 saturated heterocycles. The molecule has 0 amide bonds. The third kappa shape index (κ3) is 4.56. The third-order valence-electron chi connectivity index (χ3n) is 6.01. The van der Waals surface area contributed by atoms with Crippen LogP contribution in [-0.4, -0.2) is 51.1 Å². The number of nitrogens with zero attached hydrogens (tertiary/aromatic N) is 4. The summed E-state index contributed by atoms with van der Waals surface area (Å²) in [4.78, 5) is 30.6. The molecule has 33 heavy (non-hydrogen) atoms. The molecular formula is C25H26N6O2. The fourth-order valence-corrected chi connectivity index (χ4v) is 4.16. The van der Waals surface area contributed by atoms with Crippen molar-refractivity contribution in [3.63, 3.8) is 0 Å². The summed E-state index contributed by atoms with van der Waals surface area (Å²) < 4.78 is 6.27. The number of hydrogen-bond donors (Lipinski definition) is 2. The van der Waals surface area contributed by atoms with Gasteiger partial charge in [0.15, 0.2) is 0 Å². The summed E-state index contributed by atoms with van der Waals surface area (Å²) >= 11 is 0. The molecule has 5 rings (SSSR count). The molecule has 0 saturated carbocycles. The Morgan fingerprint density at radius 2 is 1.91 bits per heavy atom.